The van der Waals surface area contributed by atoms with Gasteiger partial charge in [-0.2, -0.15) is 0 Å². The van der Waals surface area contributed by atoms with E-state index in [1.165, 1.54) is 13.3 Å². The van der Waals surface area contributed by atoms with Crippen molar-refractivity contribution in [1.82, 2.24) is 9.97 Å². The van der Waals surface area contributed by atoms with Crippen LogP contribution in [0.25, 0.3) is 11.0 Å². The van der Waals surface area contributed by atoms with E-state index in [0.717, 1.165) is 11.3 Å². The van der Waals surface area contributed by atoms with Crippen molar-refractivity contribution in [2.24, 2.45) is 0 Å². The standard InChI is InChI=1S/C17H17N3O4/c1-4-11-7-12-14(9-19-16(22-3)15(12)23-11)24-17(21)20-13-5-6-18-8-10(13)2/h5-9H,4H2,1-3H3,(H,18,20,21). The Hall–Kier alpha value is -3.09. The first kappa shape index (κ1) is 15.8. The minimum absolute atomic E-state index is 0.304. The van der Waals surface area contributed by atoms with Crippen molar-refractivity contribution in [3.8, 4) is 11.6 Å². The number of carbonyl (C=O) groups excluding carboxylic acids is 1. The minimum atomic E-state index is -0.614. The maximum atomic E-state index is 12.2. The lowest BCUT2D eigenvalue weighted by atomic mass is 10.2. The third-order valence-electron chi connectivity index (χ3n) is 3.54. The van der Waals surface area contributed by atoms with Gasteiger partial charge in [-0.1, -0.05) is 6.92 Å². The number of pyridine rings is 2. The van der Waals surface area contributed by atoms with Gasteiger partial charge in [-0.05, 0) is 24.6 Å². The van der Waals surface area contributed by atoms with Gasteiger partial charge in [0.15, 0.2) is 11.3 Å². The highest BCUT2D eigenvalue weighted by molar-refractivity contribution is 5.93. The normalized spacial score (nSPS) is 10.6. The van der Waals surface area contributed by atoms with Crippen molar-refractivity contribution in [2.75, 3.05) is 12.4 Å². The molecule has 0 aliphatic heterocycles. The van der Waals surface area contributed by atoms with E-state index in [2.05, 4.69) is 15.3 Å². The summed E-state index contributed by atoms with van der Waals surface area (Å²) in [5.74, 6) is 1.41. The van der Waals surface area contributed by atoms with E-state index in [-0.39, 0.29) is 0 Å². The van der Waals surface area contributed by atoms with E-state index in [1.54, 1.807) is 18.5 Å². The number of aromatic nitrogens is 2. The van der Waals surface area contributed by atoms with Crippen molar-refractivity contribution in [3.05, 3.63) is 42.0 Å². The van der Waals surface area contributed by atoms with E-state index >= 15 is 0 Å². The summed E-state index contributed by atoms with van der Waals surface area (Å²) in [6, 6.07) is 3.52. The number of fused-ring (bicyclic) bond motifs is 1. The molecule has 7 heteroatoms. The van der Waals surface area contributed by atoms with Crippen LogP contribution in [0.2, 0.25) is 0 Å². The van der Waals surface area contributed by atoms with E-state index in [1.807, 2.05) is 19.9 Å². The summed E-state index contributed by atoms with van der Waals surface area (Å²) >= 11 is 0. The molecule has 0 saturated heterocycles. The van der Waals surface area contributed by atoms with Gasteiger partial charge in [0.05, 0.1) is 18.7 Å². The molecule has 124 valence electrons. The molecule has 24 heavy (non-hydrogen) atoms. The summed E-state index contributed by atoms with van der Waals surface area (Å²) < 4.78 is 16.3. The Morgan fingerprint density at radius 3 is 2.92 bits per heavy atom. The fourth-order valence-electron chi connectivity index (χ4n) is 2.28. The fraction of sp³-hybridized carbons (Fsp3) is 0.235. The Morgan fingerprint density at radius 1 is 1.38 bits per heavy atom. The van der Waals surface area contributed by atoms with Gasteiger partial charge in [-0.3, -0.25) is 10.3 Å². The van der Waals surface area contributed by atoms with Gasteiger partial charge in [-0.25, -0.2) is 9.78 Å². The predicted molar refractivity (Wildman–Crippen MR) is 88.6 cm³/mol. The van der Waals surface area contributed by atoms with E-state index in [0.29, 0.717) is 34.7 Å². The van der Waals surface area contributed by atoms with Crippen LogP contribution in [0.5, 0.6) is 11.6 Å². The lowest BCUT2D eigenvalue weighted by Gasteiger charge is -2.09. The molecule has 0 saturated carbocycles. The molecule has 3 aromatic heterocycles. The Morgan fingerprint density at radius 2 is 2.21 bits per heavy atom. The summed E-state index contributed by atoms with van der Waals surface area (Å²) in [7, 11) is 1.51. The van der Waals surface area contributed by atoms with Gasteiger partial charge in [-0.15, -0.1) is 0 Å². The number of methoxy groups -OCH3 is 1. The number of hydrogen-bond acceptors (Lipinski definition) is 6. The molecule has 7 nitrogen and oxygen atoms in total. The van der Waals surface area contributed by atoms with Crippen molar-refractivity contribution in [2.45, 2.75) is 20.3 Å². The van der Waals surface area contributed by atoms with Gasteiger partial charge in [0.1, 0.15) is 5.76 Å². The van der Waals surface area contributed by atoms with Gasteiger partial charge >= 0.3 is 6.09 Å². The number of furan rings is 1. The third kappa shape index (κ3) is 3.01. The zero-order valence-electron chi connectivity index (χ0n) is 13.6. The molecule has 0 aliphatic rings. The van der Waals surface area contributed by atoms with Crippen LogP contribution >= 0.6 is 0 Å². The Bertz CT molecular complexity index is 889. The molecular weight excluding hydrogens is 310 g/mol. The van der Waals surface area contributed by atoms with Crippen LogP contribution in [-0.2, 0) is 6.42 Å². The van der Waals surface area contributed by atoms with Crippen LogP contribution in [0.3, 0.4) is 0 Å². The van der Waals surface area contributed by atoms with Crippen molar-refractivity contribution in [3.63, 3.8) is 0 Å². The summed E-state index contributed by atoms with van der Waals surface area (Å²) in [4.78, 5) is 20.3. The molecule has 0 radical (unpaired) electrons. The zero-order valence-corrected chi connectivity index (χ0v) is 13.6. The Labute approximate surface area is 138 Å². The number of nitrogens with one attached hydrogen (secondary N) is 1. The second-order valence-corrected chi connectivity index (χ2v) is 5.15. The largest absolute Gasteiger partial charge is 0.478 e. The first-order chi connectivity index (χ1) is 11.6. The smallest absolute Gasteiger partial charge is 0.417 e. The summed E-state index contributed by atoms with van der Waals surface area (Å²) in [6.45, 7) is 3.82. The van der Waals surface area contributed by atoms with Crippen molar-refractivity contribution in [1.29, 1.82) is 0 Å². The molecule has 1 N–H and O–H groups in total. The van der Waals surface area contributed by atoms with Crippen LogP contribution in [0, 0.1) is 6.92 Å². The first-order valence-corrected chi connectivity index (χ1v) is 7.47. The summed E-state index contributed by atoms with van der Waals surface area (Å²) in [6.07, 6.45) is 4.79. The highest BCUT2D eigenvalue weighted by atomic mass is 16.6. The second kappa shape index (κ2) is 6.57. The number of amides is 1. The Balaban J connectivity index is 1.88. The fourth-order valence-corrected chi connectivity index (χ4v) is 2.28. The van der Waals surface area contributed by atoms with E-state index < -0.39 is 6.09 Å². The molecule has 3 rings (SSSR count). The molecule has 0 aliphatic carbocycles. The molecule has 0 bridgehead atoms. The quantitative estimate of drug-likeness (QED) is 0.786. The average molecular weight is 327 g/mol. The van der Waals surface area contributed by atoms with Crippen LogP contribution in [0.4, 0.5) is 10.5 Å². The van der Waals surface area contributed by atoms with Crippen LogP contribution in [-0.4, -0.2) is 23.2 Å². The van der Waals surface area contributed by atoms with Gasteiger partial charge in [0.25, 0.3) is 5.88 Å². The maximum Gasteiger partial charge on any atom is 0.417 e. The highest BCUT2D eigenvalue weighted by Gasteiger charge is 2.17. The summed E-state index contributed by atoms with van der Waals surface area (Å²) in [5, 5.41) is 3.32. The number of carbonyl (C=O) groups is 1. The minimum Gasteiger partial charge on any atom is -0.478 e. The number of hydrogen-bond donors (Lipinski definition) is 1. The van der Waals surface area contributed by atoms with E-state index in [9.17, 15) is 4.79 Å². The van der Waals surface area contributed by atoms with Crippen molar-refractivity contribution >= 4 is 22.7 Å². The number of nitrogens with zero attached hydrogens (tertiary/aromatic N) is 2. The number of aryl methyl sites for hydroxylation is 2. The summed E-state index contributed by atoms with van der Waals surface area (Å²) in [5.41, 5.74) is 1.93. The topological polar surface area (TPSA) is 86.5 Å². The van der Waals surface area contributed by atoms with Crippen molar-refractivity contribution < 1.29 is 18.7 Å². The molecule has 0 aromatic carbocycles. The Kier molecular flexibility index (Phi) is 4.33. The molecule has 1 amide bonds. The predicted octanol–water partition coefficient (Wildman–Crippen LogP) is 3.71. The lowest BCUT2D eigenvalue weighted by Crippen LogP contribution is -2.17. The molecular formula is C17H17N3O4. The number of ether oxygens (including phenoxy) is 2. The highest BCUT2D eigenvalue weighted by Crippen LogP contribution is 2.34. The number of anilines is 1. The van der Waals surface area contributed by atoms with Gasteiger partial charge < -0.3 is 13.9 Å². The zero-order chi connectivity index (χ0) is 17.1. The second-order valence-electron chi connectivity index (χ2n) is 5.15. The lowest BCUT2D eigenvalue weighted by molar-refractivity contribution is 0.215. The van der Waals surface area contributed by atoms with E-state index in [4.69, 9.17) is 13.9 Å². The van der Waals surface area contributed by atoms with Gasteiger partial charge in [0, 0.05) is 24.5 Å². The molecule has 3 heterocycles. The molecule has 0 spiro atoms. The average Bonchev–Trinajstić information content (AvgIpc) is 3.02. The monoisotopic (exact) mass is 327 g/mol. The molecule has 0 fully saturated rings. The van der Waals surface area contributed by atoms with Crippen LogP contribution in [0.15, 0.2) is 35.1 Å². The van der Waals surface area contributed by atoms with Crippen LogP contribution < -0.4 is 14.8 Å². The molecule has 0 atom stereocenters. The first-order valence-electron chi connectivity index (χ1n) is 7.47. The van der Waals surface area contributed by atoms with Gasteiger partial charge in [0.2, 0.25) is 0 Å². The molecule has 0 unspecified atom stereocenters. The maximum absolute atomic E-state index is 12.2. The molecule has 3 aromatic rings. The SMILES string of the molecule is CCc1cc2c(OC(=O)Nc3ccncc3C)cnc(OC)c2o1. The van der Waals surface area contributed by atoms with Crippen LogP contribution in [0.1, 0.15) is 18.2 Å². The third-order valence-corrected chi connectivity index (χ3v) is 3.54. The number of rotatable bonds is 4.